The van der Waals surface area contributed by atoms with Gasteiger partial charge >= 0.3 is 0 Å². The van der Waals surface area contributed by atoms with E-state index in [4.69, 9.17) is 4.74 Å². The topological polar surface area (TPSA) is 28.1 Å². The number of nitrogens with zero attached hydrogens (tertiary/aromatic N) is 3. The van der Waals surface area contributed by atoms with E-state index in [0.717, 1.165) is 57.2 Å². The summed E-state index contributed by atoms with van der Waals surface area (Å²) in [4.78, 5) is 9.40. The number of ether oxygens (including phenoxy) is 1. The first-order valence-electron chi connectivity index (χ1n) is 9.27. The Bertz CT molecular complexity index is 628. The monoisotopic (exact) mass is 343 g/mol. The molecule has 2 rings (SSSR count). The highest BCUT2D eigenvalue weighted by atomic mass is 16.5. The lowest BCUT2D eigenvalue weighted by molar-refractivity contribution is 0.111. The Balaban J connectivity index is 2.16. The second kappa shape index (κ2) is 9.16. The molecule has 4 heteroatoms. The van der Waals surface area contributed by atoms with Crippen LogP contribution < -0.4 is 4.90 Å². The van der Waals surface area contributed by atoms with Gasteiger partial charge in [-0.2, -0.15) is 0 Å². The van der Waals surface area contributed by atoms with Crippen molar-refractivity contribution in [2.24, 2.45) is 4.99 Å². The number of piperazine rings is 1. The van der Waals surface area contributed by atoms with Crippen molar-refractivity contribution >= 4 is 17.0 Å². The summed E-state index contributed by atoms with van der Waals surface area (Å²) in [5.41, 5.74) is 7.21. The molecule has 0 aliphatic carbocycles. The maximum absolute atomic E-state index is 5.48. The van der Waals surface area contributed by atoms with Crippen LogP contribution in [0, 0.1) is 6.92 Å². The molecule has 0 N–H and O–H groups in total. The molecule has 4 nitrogen and oxygen atoms in total. The fourth-order valence-electron chi connectivity index (χ4n) is 3.36. The van der Waals surface area contributed by atoms with Crippen LogP contribution in [-0.2, 0) is 4.74 Å². The summed E-state index contributed by atoms with van der Waals surface area (Å²) in [5.74, 6) is 0. The van der Waals surface area contributed by atoms with Gasteiger partial charge in [-0.25, -0.2) is 0 Å². The van der Waals surface area contributed by atoms with E-state index in [2.05, 4.69) is 61.2 Å². The predicted octanol–water partition coefficient (Wildman–Crippen LogP) is 3.63. The molecule has 25 heavy (non-hydrogen) atoms. The first-order valence-corrected chi connectivity index (χ1v) is 9.27. The summed E-state index contributed by atoms with van der Waals surface area (Å²) in [6.07, 6.45) is 0. The van der Waals surface area contributed by atoms with Crippen LogP contribution >= 0.6 is 0 Å². The van der Waals surface area contributed by atoms with Crippen molar-refractivity contribution in [3.8, 4) is 0 Å². The Labute approximate surface area is 153 Å². The third kappa shape index (κ3) is 4.93. The van der Waals surface area contributed by atoms with Gasteiger partial charge in [-0.15, -0.1) is 0 Å². The second-order valence-electron chi connectivity index (χ2n) is 6.80. The molecule has 1 fully saturated rings. The van der Waals surface area contributed by atoms with Gasteiger partial charge in [-0.3, -0.25) is 9.89 Å². The molecule has 0 amide bonds. The summed E-state index contributed by atoms with van der Waals surface area (Å²) in [6, 6.07) is 4.57. The average Bonchev–Trinajstić information content (AvgIpc) is 2.61. The van der Waals surface area contributed by atoms with Crippen LogP contribution in [0.3, 0.4) is 0 Å². The van der Waals surface area contributed by atoms with Crippen LogP contribution in [0.15, 0.2) is 23.7 Å². The lowest BCUT2D eigenvalue weighted by atomic mass is 9.94. The SMILES string of the molecule is C=C(C)c1cc(C)c(N2CCN(CCOCC)CC2)cc1/C(C)=N\C. The van der Waals surface area contributed by atoms with Crippen molar-refractivity contribution in [3.05, 3.63) is 35.4 Å². The molecule has 1 aliphatic heterocycles. The van der Waals surface area contributed by atoms with Gasteiger partial charge in [0.25, 0.3) is 0 Å². The van der Waals surface area contributed by atoms with E-state index in [1.54, 1.807) is 0 Å². The number of aliphatic imine (C=N–C) groups is 1. The number of aryl methyl sites for hydroxylation is 1. The van der Waals surface area contributed by atoms with Gasteiger partial charge in [0.2, 0.25) is 0 Å². The van der Waals surface area contributed by atoms with E-state index in [-0.39, 0.29) is 0 Å². The second-order valence-corrected chi connectivity index (χ2v) is 6.80. The van der Waals surface area contributed by atoms with E-state index in [1.807, 2.05) is 7.05 Å². The van der Waals surface area contributed by atoms with Crippen molar-refractivity contribution < 1.29 is 4.74 Å². The molecule has 138 valence electrons. The van der Waals surface area contributed by atoms with E-state index in [9.17, 15) is 0 Å². The maximum atomic E-state index is 5.48. The van der Waals surface area contributed by atoms with Gasteiger partial charge in [-0.1, -0.05) is 12.2 Å². The van der Waals surface area contributed by atoms with Gasteiger partial charge in [0.15, 0.2) is 0 Å². The summed E-state index contributed by atoms with van der Waals surface area (Å²) in [7, 11) is 1.86. The van der Waals surface area contributed by atoms with Crippen LogP contribution in [0.4, 0.5) is 5.69 Å². The Hall–Kier alpha value is -1.65. The third-order valence-electron chi connectivity index (χ3n) is 4.99. The van der Waals surface area contributed by atoms with Crippen LogP contribution in [0.2, 0.25) is 0 Å². The van der Waals surface area contributed by atoms with Crippen LogP contribution in [-0.4, -0.2) is 63.6 Å². The molecule has 0 bridgehead atoms. The third-order valence-corrected chi connectivity index (χ3v) is 4.99. The van der Waals surface area contributed by atoms with Crippen molar-refractivity contribution in [3.63, 3.8) is 0 Å². The normalized spacial score (nSPS) is 16.4. The molecule has 1 aromatic carbocycles. The van der Waals surface area contributed by atoms with Gasteiger partial charge < -0.3 is 9.64 Å². The molecule has 1 saturated heterocycles. The summed E-state index contributed by atoms with van der Waals surface area (Å²) in [6.45, 7) is 19.5. The molecular weight excluding hydrogens is 310 g/mol. The molecule has 0 saturated carbocycles. The van der Waals surface area contributed by atoms with Crippen molar-refractivity contribution in [2.75, 3.05) is 57.9 Å². The lowest BCUT2D eigenvalue weighted by Crippen LogP contribution is -2.47. The minimum absolute atomic E-state index is 0.801. The summed E-state index contributed by atoms with van der Waals surface area (Å²) >= 11 is 0. The molecule has 1 aromatic rings. The Morgan fingerprint density at radius 2 is 1.84 bits per heavy atom. The van der Waals surface area contributed by atoms with Gasteiger partial charge in [0, 0.05) is 63.3 Å². The fraction of sp³-hybridized carbons (Fsp3) is 0.571. The molecule has 0 spiro atoms. The zero-order valence-corrected chi connectivity index (χ0v) is 16.6. The first-order chi connectivity index (χ1) is 12.0. The molecular formula is C21H33N3O. The van der Waals surface area contributed by atoms with Crippen LogP contribution in [0.25, 0.3) is 5.57 Å². The number of allylic oxidation sites excluding steroid dienone is 1. The maximum Gasteiger partial charge on any atom is 0.0593 e. The van der Waals surface area contributed by atoms with Gasteiger partial charge in [-0.05, 0) is 51.0 Å². The van der Waals surface area contributed by atoms with E-state index in [0.29, 0.717) is 0 Å². The highest BCUT2D eigenvalue weighted by molar-refractivity contribution is 6.03. The van der Waals surface area contributed by atoms with Crippen molar-refractivity contribution in [2.45, 2.75) is 27.7 Å². The molecule has 0 aromatic heterocycles. The lowest BCUT2D eigenvalue weighted by Gasteiger charge is -2.37. The van der Waals surface area contributed by atoms with Gasteiger partial charge in [0.1, 0.15) is 0 Å². The standard InChI is InChI=1S/C21H33N3O/c1-7-25-13-12-23-8-10-24(11-9-23)21-15-20(18(5)22-6)19(16(2)3)14-17(21)4/h14-15H,2,7-13H2,1,3-6H3/b22-18-. The highest BCUT2D eigenvalue weighted by Gasteiger charge is 2.20. The van der Waals surface area contributed by atoms with Crippen LogP contribution in [0.5, 0.6) is 0 Å². The van der Waals surface area contributed by atoms with Crippen molar-refractivity contribution in [1.82, 2.24) is 4.90 Å². The Kier molecular flexibility index (Phi) is 7.21. The van der Waals surface area contributed by atoms with Crippen LogP contribution in [0.1, 0.15) is 37.5 Å². The number of hydrogen-bond acceptors (Lipinski definition) is 4. The van der Waals surface area contributed by atoms with E-state index < -0.39 is 0 Å². The zero-order chi connectivity index (χ0) is 18.4. The molecule has 1 aliphatic rings. The summed E-state index contributed by atoms with van der Waals surface area (Å²) < 4.78 is 5.48. The Morgan fingerprint density at radius 3 is 2.40 bits per heavy atom. The first kappa shape index (κ1) is 19.7. The number of hydrogen-bond donors (Lipinski definition) is 0. The van der Waals surface area contributed by atoms with E-state index >= 15 is 0 Å². The number of anilines is 1. The average molecular weight is 344 g/mol. The quantitative estimate of drug-likeness (QED) is 0.559. The molecule has 1 heterocycles. The highest BCUT2D eigenvalue weighted by Crippen LogP contribution is 2.29. The summed E-state index contributed by atoms with van der Waals surface area (Å²) in [5, 5.41) is 0. The van der Waals surface area contributed by atoms with E-state index in [1.165, 1.54) is 22.4 Å². The molecule has 0 atom stereocenters. The minimum Gasteiger partial charge on any atom is -0.380 e. The smallest absolute Gasteiger partial charge is 0.0593 e. The molecule has 0 unspecified atom stereocenters. The fourth-order valence-corrected chi connectivity index (χ4v) is 3.36. The molecule has 0 radical (unpaired) electrons. The largest absolute Gasteiger partial charge is 0.380 e. The number of benzene rings is 1. The number of rotatable bonds is 7. The van der Waals surface area contributed by atoms with Crippen molar-refractivity contribution in [1.29, 1.82) is 0 Å². The predicted molar refractivity (Wildman–Crippen MR) is 109 cm³/mol. The zero-order valence-electron chi connectivity index (χ0n) is 16.6. The Morgan fingerprint density at radius 1 is 1.16 bits per heavy atom. The van der Waals surface area contributed by atoms with Gasteiger partial charge in [0.05, 0.1) is 6.61 Å². The minimum atomic E-state index is 0.801.